The molecule has 2 nitrogen and oxygen atoms in total. The number of aryl methyl sites for hydroxylation is 1. The topological polar surface area (TPSA) is 37.3 Å². The summed E-state index contributed by atoms with van der Waals surface area (Å²) in [6.07, 6.45) is 1.31. The van der Waals surface area contributed by atoms with Gasteiger partial charge in [-0.15, -0.1) is 0 Å². The Morgan fingerprint density at radius 3 is 2.36 bits per heavy atom. The minimum atomic E-state index is -0.701. The maximum atomic E-state index is 10.8. The Morgan fingerprint density at radius 1 is 1.36 bits per heavy atom. The highest BCUT2D eigenvalue weighted by molar-refractivity contribution is 5.70. The van der Waals surface area contributed by atoms with E-state index in [0.717, 1.165) is 5.56 Å². The first-order valence-corrected chi connectivity index (χ1v) is 4.91. The molecule has 1 rings (SSSR count). The van der Waals surface area contributed by atoms with E-state index in [4.69, 9.17) is 5.11 Å². The number of aliphatic carboxylic acids is 1. The highest BCUT2D eigenvalue weighted by Gasteiger charge is 2.14. The van der Waals surface area contributed by atoms with E-state index in [1.807, 2.05) is 38.1 Å². The van der Waals surface area contributed by atoms with Crippen LogP contribution in [0.2, 0.25) is 0 Å². The molecule has 0 bridgehead atoms. The smallest absolute Gasteiger partial charge is 0.306 e. The minimum Gasteiger partial charge on any atom is -0.481 e. The summed E-state index contributed by atoms with van der Waals surface area (Å²) < 4.78 is 0. The molecule has 0 radical (unpaired) electrons. The first-order chi connectivity index (χ1) is 6.63. The van der Waals surface area contributed by atoms with Crippen LogP contribution in [0.3, 0.4) is 0 Å². The molecule has 0 heterocycles. The lowest BCUT2D eigenvalue weighted by Crippen LogP contribution is -2.15. The van der Waals surface area contributed by atoms with Crippen molar-refractivity contribution in [2.75, 3.05) is 0 Å². The number of benzene rings is 1. The molecule has 0 saturated carbocycles. The van der Waals surface area contributed by atoms with E-state index in [1.54, 1.807) is 0 Å². The highest BCUT2D eigenvalue weighted by atomic mass is 16.4. The first-order valence-electron chi connectivity index (χ1n) is 4.91. The van der Waals surface area contributed by atoms with Crippen LogP contribution in [0.5, 0.6) is 0 Å². The van der Waals surface area contributed by atoms with Crippen LogP contribution in [0, 0.1) is 12.8 Å². The van der Waals surface area contributed by atoms with Crippen molar-refractivity contribution in [3.05, 3.63) is 35.4 Å². The van der Waals surface area contributed by atoms with E-state index in [-0.39, 0.29) is 5.92 Å². The lowest BCUT2D eigenvalue weighted by atomic mass is 9.97. The van der Waals surface area contributed by atoms with Gasteiger partial charge in [-0.25, -0.2) is 0 Å². The quantitative estimate of drug-likeness (QED) is 0.796. The molecule has 0 aliphatic heterocycles. The van der Waals surface area contributed by atoms with Gasteiger partial charge in [-0.1, -0.05) is 36.8 Å². The predicted octanol–water partition coefficient (Wildman–Crippen LogP) is 2.65. The number of hydrogen-bond acceptors (Lipinski definition) is 1. The summed E-state index contributed by atoms with van der Waals surface area (Å²) in [5, 5.41) is 8.89. The van der Waals surface area contributed by atoms with Crippen molar-refractivity contribution < 1.29 is 9.90 Å². The van der Waals surface area contributed by atoms with Crippen LogP contribution in [0.1, 0.15) is 24.5 Å². The molecule has 0 aliphatic rings. The normalized spacial score (nSPS) is 12.4. The summed E-state index contributed by atoms with van der Waals surface area (Å²) in [5.74, 6) is -0.953. The zero-order valence-electron chi connectivity index (χ0n) is 8.66. The molecule has 0 aromatic heterocycles. The third-order valence-corrected chi connectivity index (χ3v) is 2.44. The third-order valence-electron chi connectivity index (χ3n) is 2.44. The van der Waals surface area contributed by atoms with Crippen molar-refractivity contribution in [3.63, 3.8) is 0 Å². The van der Waals surface area contributed by atoms with Crippen LogP contribution < -0.4 is 0 Å². The molecule has 1 N–H and O–H groups in total. The summed E-state index contributed by atoms with van der Waals surface area (Å²) in [6, 6.07) is 8.04. The maximum Gasteiger partial charge on any atom is 0.306 e. The van der Waals surface area contributed by atoms with Gasteiger partial charge in [0.2, 0.25) is 0 Å². The average molecular weight is 192 g/mol. The van der Waals surface area contributed by atoms with E-state index in [2.05, 4.69) is 0 Å². The maximum absolute atomic E-state index is 10.8. The number of carboxylic acid groups (broad SMARTS) is 1. The summed E-state index contributed by atoms with van der Waals surface area (Å²) in [5.41, 5.74) is 2.31. The molecule has 14 heavy (non-hydrogen) atoms. The highest BCUT2D eigenvalue weighted by Crippen LogP contribution is 2.13. The monoisotopic (exact) mass is 192 g/mol. The molecule has 0 saturated heterocycles. The summed E-state index contributed by atoms with van der Waals surface area (Å²) >= 11 is 0. The zero-order valence-corrected chi connectivity index (χ0v) is 8.66. The standard InChI is InChI=1S/C12H16O2/c1-3-11(12(13)14)8-10-6-4-9(2)5-7-10/h4-7,11H,3,8H2,1-2H3,(H,13,14). The molecular weight excluding hydrogens is 176 g/mol. The van der Waals surface area contributed by atoms with Crippen LogP contribution in [-0.4, -0.2) is 11.1 Å². The molecule has 1 aromatic rings. The van der Waals surface area contributed by atoms with Crippen LogP contribution >= 0.6 is 0 Å². The van der Waals surface area contributed by atoms with Crippen molar-refractivity contribution in [3.8, 4) is 0 Å². The lowest BCUT2D eigenvalue weighted by molar-refractivity contribution is -0.141. The second kappa shape index (κ2) is 4.80. The predicted molar refractivity (Wildman–Crippen MR) is 56.3 cm³/mol. The van der Waals surface area contributed by atoms with Gasteiger partial charge in [-0.05, 0) is 25.3 Å². The van der Waals surface area contributed by atoms with Gasteiger partial charge in [-0.2, -0.15) is 0 Å². The van der Waals surface area contributed by atoms with E-state index >= 15 is 0 Å². The van der Waals surface area contributed by atoms with Crippen molar-refractivity contribution in [1.82, 2.24) is 0 Å². The van der Waals surface area contributed by atoms with Crippen LogP contribution in [0.15, 0.2) is 24.3 Å². The molecule has 1 unspecified atom stereocenters. The van der Waals surface area contributed by atoms with Crippen molar-refractivity contribution in [1.29, 1.82) is 0 Å². The van der Waals surface area contributed by atoms with E-state index in [0.29, 0.717) is 12.8 Å². The fraction of sp³-hybridized carbons (Fsp3) is 0.417. The van der Waals surface area contributed by atoms with Gasteiger partial charge in [0.25, 0.3) is 0 Å². The molecule has 1 aromatic carbocycles. The van der Waals surface area contributed by atoms with Crippen LogP contribution in [0.25, 0.3) is 0 Å². The van der Waals surface area contributed by atoms with E-state index in [9.17, 15) is 4.79 Å². The van der Waals surface area contributed by atoms with Gasteiger partial charge in [-0.3, -0.25) is 4.79 Å². The van der Waals surface area contributed by atoms with Crippen LogP contribution in [0.4, 0.5) is 0 Å². The molecule has 1 atom stereocenters. The second-order valence-corrected chi connectivity index (χ2v) is 3.63. The van der Waals surface area contributed by atoms with Gasteiger partial charge >= 0.3 is 5.97 Å². The van der Waals surface area contributed by atoms with Crippen LogP contribution in [-0.2, 0) is 11.2 Å². The Bertz CT molecular complexity index is 301. The Labute approximate surface area is 84.6 Å². The third kappa shape index (κ3) is 2.87. The molecule has 0 spiro atoms. The fourth-order valence-electron chi connectivity index (χ4n) is 1.41. The molecule has 76 valence electrons. The Balaban J connectivity index is 2.67. The van der Waals surface area contributed by atoms with Gasteiger partial charge in [0.1, 0.15) is 0 Å². The second-order valence-electron chi connectivity index (χ2n) is 3.63. The fourth-order valence-corrected chi connectivity index (χ4v) is 1.41. The lowest BCUT2D eigenvalue weighted by Gasteiger charge is -2.09. The number of carbonyl (C=O) groups is 1. The minimum absolute atomic E-state index is 0.252. The van der Waals surface area contributed by atoms with E-state index in [1.165, 1.54) is 5.56 Å². The van der Waals surface area contributed by atoms with E-state index < -0.39 is 5.97 Å². The summed E-state index contributed by atoms with van der Waals surface area (Å²) in [6.45, 7) is 3.94. The van der Waals surface area contributed by atoms with Crippen molar-refractivity contribution >= 4 is 5.97 Å². The summed E-state index contributed by atoms with van der Waals surface area (Å²) in [7, 11) is 0. The Kier molecular flexibility index (Phi) is 3.69. The number of hydrogen-bond donors (Lipinski definition) is 1. The zero-order chi connectivity index (χ0) is 10.6. The van der Waals surface area contributed by atoms with Gasteiger partial charge in [0.15, 0.2) is 0 Å². The largest absolute Gasteiger partial charge is 0.481 e. The SMILES string of the molecule is CCC(Cc1ccc(C)cc1)C(=O)O. The Hall–Kier alpha value is -1.31. The molecule has 0 aliphatic carbocycles. The molecule has 0 fully saturated rings. The van der Waals surface area contributed by atoms with Crippen molar-refractivity contribution in [2.45, 2.75) is 26.7 Å². The summed E-state index contributed by atoms with van der Waals surface area (Å²) in [4.78, 5) is 10.8. The average Bonchev–Trinajstić information content (AvgIpc) is 2.16. The number of rotatable bonds is 4. The first kappa shape index (κ1) is 10.8. The molecule has 2 heteroatoms. The van der Waals surface area contributed by atoms with Gasteiger partial charge < -0.3 is 5.11 Å². The van der Waals surface area contributed by atoms with Crippen molar-refractivity contribution in [2.24, 2.45) is 5.92 Å². The molecule has 0 amide bonds. The Morgan fingerprint density at radius 2 is 1.93 bits per heavy atom. The molecular formula is C12H16O2. The van der Waals surface area contributed by atoms with Gasteiger partial charge in [0.05, 0.1) is 5.92 Å². The number of carboxylic acids is 1. The van der Waals surface area contributed by atoms with Gasteiger partial charge in [0, 0.05) is 0 Å².